The van der Waals surface area contributed by atoms with Gasteiger partial charge in [-0.2, -0.15) is 0 Å². The van der Waals surface area contributed by atoms with Crippen molar-refractivity contribution in [2.45, 2.75) is 73.1 Å². The maximum Gasteiger partial charge on any atom is -0.0114 e. The molecular weight excluding hydrogens is 252 g/mol. The minimum atomic E-state index is 0.159. The molecule has 0 amide bonds. The first-order valence-electron chi connectivity index (χ1n) is 7.98. The molecule has 0 saturated heterocycles. The zero-order valence-corrected chi connectivity index (χ0v) is 15.2. The summed E-state index contributed by atoms with van der Waals surface area (Å²) in [5.41, 5.74) is 7.49. The lowest BCUT2D eigenvalue weighted by Crippen LogP contribution is -2.18. The molecule has 0 N–H and O–H groups in total. The second kappa shape index (κ2) is 4.87. The second-order valence-electron chi connectivity index (χ2n) is 8.60. The molecule has 0 bridgehead atoms. The molecule has 2 aromatic carbocycles. The normalized spacial score (nSPS) is 13.0. The summed E-state index contributed by atoms with van der Waals surface area (Å²) in [6, 6.07) is 7.13. The van der Waals surface area contributed by atoms with Crippen LogP contribution in [-0.2, 0) is 10.8 Å². The van der Waals surface area contributed by atoms with E-state index in [1.807, 2.05) is 0 Å². The van der Waals surface area contributed by atoms with E-state index in [9.17, 15) is 0 Å². The van der Waals surface area contributed by atoms with Gasteiger partial charge in [0.15, 0.2) is 0 Å². The van der Waals surface area contributed by atoms with Crippen molar-refractivity contribution in [2.75, 3.05) is 0 Å². The number of hydrogen-bond acceptors (Lipinski definition) is 0. The van der Waals surface area contributed by atoms with E-state index in [0.29, 0.717) is 0 Å². The fourth-order valence-corrected chi connectivity index (χ4v) is 3.46. The molecule has 0 saturated carbocycles. The van der Waals surface area contributed by atoms with E-state index in [1.54, 1.807) is 0 Å². The number of hydrogen-bond donors (Lipinski definition) is 0. The molecule has 0 aromatic heterocycles. The SMILES string of the molecule is Cc1cc(C)c2c(C(C)(C)C)cc(C(C)(C)C)c(C)c2c1. The van der Waals surface area contributed by atoms with Crippen LogP contribution in [-0.4, -0.2) is 0 Å². The maximum atomic E-state index is 2.46. The van der Waals surface area contributed by atoms with Crippen LogP contribution in [0.2, 0.25) is 0 Å². The molecule has 0 aliphatic heterocycles. The monoisotopic (exact) mass is 282 g/mol. The van der Waals surface area contributed by atoms with Crippen LogP contribution in [0.1, 0.15) is 69.4 Å². The summed E-state index contributed by atoms with van der Waals surface area (Å²) in [5.74, 6) is 0. The van der Waals surface area contributed by atoms with Gasteiger partial charge in [-0.05, 0) is 64.6 Å². The lowest BCUT2D eigenvalue weighted by Gasteiger charge is -2.30. The summed E-state index contributed by atoms with van der Waals surface area (Å²) in [6.07, 6.45) is 0. The highest BCUT2D eigenvalue weighted by Crippen LogP contribution is 2.39. The van der Waals surface area contributed by atoms with Crippen LogP contribution in [0.3, 0.4) is 0 Å². The molecule has 21 heavy (non-hydrogen) atoms. The zero-order chi connectivity index (χ0) is 16.2. The lowest BCUT2D eigenvalue weighted by atomic mass is 9.75. The zero-order valence-electron chi connectivity index (χ0n) is 15.2. The first-order valence-corrected chi connectivity index (χ1v) is 7.98. The molecule has 0 fully saturated rings. The van der Waals surface area contributed by atoms with E-state index < -0.39 is 0 Å². The molecule has 0 spiro atoms. The molecule has 0 heteroatoms. The van der Waals surface area contributed by atoms with Gasteiger partial charge in [0.1, 0.15) is 0 Å². The summed E-state index contributed by atoms with van der Waals surface area (Å²) in [6.45, 7) is 20.7. The van der Waals surface area contributed by atoms with E-state index in [2.05, 4.69) is 80.5 Å². The van der Waals surface area contributed by atoms with Gasteiger partial charge in [-0.15, -0.1) is 0 Å². The molecule has 0 nitrogen and oxygen atoms in total. The standard InChI is InChI=1S/C21H30/c1-13-10-14(2)19-16(11-13)15(3)17(20(4,5)6)12-18(19)21(7,8)9/h10-12H,1-9H3. The average molecular weight is 282 g/mol. The van der Waals surface area contributed by atoms with Crippen molar-refractivity contribution in [3.63, 3.8) is 0 Å². The van der Waals surface area contributed by atoms with Crippen LogP contribution in [0.4, 0.5) is 0 Å². The third kappa shape index (κ3) is 2.86. The summed E-state index contributed by atoms with van der Waals surface area (Å²) in [4.78, 5) is 0. The Hall–Kier alpha value is -1.30. The quantitative estimate of drug-likeness (QED) is 0.527. The summed E-state index contributed by atoms with van der Waals surface area (Å²) in [7, 11) is 0. The van der Waals surface area contributed by atoms with Gasteiger partial charge in [0, 0.05) is 0 Å². The Morgan fingerprint density at radius 3 is 1.67 bits per heavy atom. The molecule has 0 unspecified atom stereocenters. The van der Waals surface area contributed by atoms with Crippen LogP contribution >= 0.6 is 0 Å². The fourth-order valence-electron chi connectivity index (χ4n) is 3.46. The predicted molar refractivity (Wildman–Crippen MR) is 95.6 cm³/mol. The van der Waals surface area contributed by atoms with E-state index in [0.717, 1.165) is 0 Å². The fraction of sp³-hybridized carbons (Fsp3) is 0.524. The molecule has 2 aromatic rings. The topological polar surface area (TPSA) is 0 Å². The lowest BCUT2D eigenvalue weighted by molar-refractivity contribution is 0.570. The van der Waals surface area contributed by atoms with Crippen LogP contribution in [0.15, 0.2) is 18.2 Å². The average Bonchev–Trinajstić information content (AvgIpc) is 2.26. The van der Waals surface area contributed by atoms with Gasteiger partial charge >= 0.3 is 0 Å². The van der Waals surface area contributed by atoms with Gasteiger partial charge in [-0.25, -0.2) is 0 Å². The van der Waals surface area contributed by atoms with Crippen LogP contribution in [0.5, 0.6) is 0 Å². The predicted octanol–water partition coefficient (Wildman–Crippen LogP) is 6.36. The molecule has 2 rings (SSSR count). The largest absolute Gasteiger partial charge is 0.0561 e. The molecule has 0 atom stereocenters. The number of aryl methyl sites for hydroxylation is 3. The Kier molecular flexibility index (Phi) is 3.72. The number of fused-ring (bicyclic) bond motifs is 1. The Labute approximate surface area is 130 Å². The van der Waals surface area contributed by atoms with Crippen molar-refractivity contribution in [1.29, 1.82) is 0 Å². The molecular formula is C21H30. The maximum absolute atomic E-state index is 2.46. The Morgan fingerprint density at radius 2 is 1.19 bits per heavy atom. The van der Waals surface area contributed by atoms with Crippen molar-refractivity contribution in [2.24, 2.45) is 0 Å². The van der Waals surface area contributed by atoms with Gasteiger partial charge in [-0.1, -0.05) is 65.3 Å². The van der Waals surface area contributed by atoms with Gasteiger partial charge in [0.05, 0.1) is 0 Å². The van der Waals surface area contributed by atoms with E-state index >= 15 is 0 Å². The molecule has 0 aliphatic rings. The second-order valence-corrected chi connectivity index (χ2v) is 8.60. The third-order valence-electron chi connectivity index (χ3n) is 4.46. The molecule has 0 heterocycles. The van der Waals surface area contributed by atoms with Gasteiger partial charge < -0.3 is 0 Å². The summed E-state index contributed by atoms with van der Waals surface area (Å²) < 4.78 is 0. The highest BCUT2D eigenvalue weighted by atomic mass is 14.3. The smallest absolute Gasteiger partial charge is 0.0114 e. The van der Waals surface area contributed by atoms with E-state index in [1.165, 1.54) is 38.6 Å². The molecule has 0 aliphatic carbocycles. The van der Waals surface area contributed by atoms with Crippen LogP contribution in [0.25, 0.3) is 10.8 Å². The molecule has 0 radical (unpaired) electrons. The van der Waals surface area contributed by atoms with Crippen molar-refractivity contribution in [3.05, 3.63) is 46.0 Å². The Balaban J connectivity index is 3.05. The summed E-state index contributed by atoms with van der Waals surface area (Å²) in [5, 5.41) is 2.89. The molecule has 114 valence electrons. The van der Waals surface area contributed by atoms with Gasteiger partial charge in [-0.3, -0.25) is 0 Å². The first-order chi connectivity index (χ1) is 9.43. The highest BCUT2D eigenvalue weighted by molar-refractivity contribution is 5.93. The summed E-state index contributed by atoms with van der Waals surface area (Å²) >= 11 is 0. The minimum absolute atomic E-state index is 0.159. The highest BCUT2D eigenvalue weighted by Gasteiger charge is 2.25. The minimum Gasteiger partial charge on any atom is -0.0561 e. The van der Waals surface area contributed by atoms with Crippen molar-refractivity contribution >= 4 is 10.8 Å². The Bertz CT molecular complexity index is 689. The van der Waals surface area contributed by atoms with Crippen molar-refractivity contribution in [1.82, 2.24) is 0 Å². The van der Waals surface area contributed by atoms with Crippen LogP contribution < -0.4 is 0 Å². The van der Waals surface area contributed by atoms with E-state index in [4.69, 9.17) is 0 Å². The van der Waals surface area contributed by atoms with Crippen molar-refractivity contribution in [3.8, 4) is 0 Å². The third-order valence-corrected chi connectivity index (χ3v) is 4.46. The van der Waals surface area contributed by atoms with Crippen molar-refractivity contribution < 1.29 is 0 Å². The van der Waals surface area contributed by atoms with Gasteiger partial charge in [0.2, 0.25) is 0 Å². The Morgan fingerprint density at radius 1 is 0.667 bits per heavy atom. The number of benzene rings is 2. The van der Waals surface area contributed by atoms with Crippen LogP contribution in [0, 0.1) is 20.8 Å². The van der Waals surface area contributed by atoms with E-state index in [-0.39, 0.29) is 10.8 Å². The first kappa shape index (κ1) is 16.1. The number of rotatable bonds is 0. The van der Waals surface area contributed by atoms with Gasteiger partial charge in [0.25, 0.3) is 0 Å².